The van der Waals surface area contributed by atoms with Crippen molar-refractivity contribution in [2.75, 3.05) is 26.5 Å². The summed E-state index contributed by atoms with van der Waals surface area (Å²) in [6, 6.07) is 11.1. The summed E-state index contributed by atoms with van der Waals surface area (Å²) >= 11 is 7.98. The molecule has 6 nitrogen and oxygen atoms in total. The van der Waals surface area contributed by atoms with E-state index in [1.54, 1.807) is 35.9 Å². The molecular formula is C22H22ClN3O3S. The summed E-state index contributed by atoms with van der Waals surface area (Å²) in [6.45, 7) is 2.68. The molecule has 2 aromatic carbocycles. The van der Waals surface area contributed by atoms with Crippen LogP contribution < -0.4 is 0 Å². The number of nitrogens with zero attached hydrogens (tertiary/aromatic N) is 2. The number of benzene rings is 2. The molecule has 156 valence electrons. The van der Waals surface area contributed by atoms with Gasteiger partial charge in [-0.05, 0) is 48.6 Å². The standard InChI is InChI=1S/C22H22ClN3O3S/c1-12-10-17(27)15(11-16(12)23)19-18-20(25-24-19)22(28)26(8-9-29-2)21(18)13-4-6-14(30-3)7-5-13/h4-7,10-11,21,27H,8-9H2,1-3H3,(H,24,25). The van der Waals surface area contributed by atoms with Crippen molar-refractivity contribution in [2.24, 2.45) is 0 Å². The number of ether oxygens (including phenoxy) is 1. The van der Waals surface area contributed by atoms with Gasteiger partial charge >= 0.3 is 0 Å². The first-order valence-corrected chi connectivity index (χ1v) is 11.1. The minimum absolute atomic E-state index is 0.0745. The number of hydrogen-bond donors (Lipinski definition) is 2. The molecule has 1 atom stereocenters. The fraction of sp³-hybridized carbons (Fsp3) is 0.273. The number of aromatic amines is 1. The molecule has 0 bridgehead atoms. The van der Waals surface area contributed by atoms with Crippen molar-refractivity contribution < 1.29 is 14.6 Å². The van der Waals surface area contributed by atoms with Crippen molar-refractivity contribution in [2.45, 2.75) is 17.9 Å². The molecular weight excluding hydrogens is 422 g/mol. The van der Waals surface area contributed by atoms with Crippen LogP contribution in [0.1, 0.15) is 33.2 Å². The number of methoxy groups -OCH3 is 1. The molecule has 2 N–H and O–H groups in total. The van der Waals surface area contributed by atoms with Crippen LogP contribution in [0.15, 0.2) is 41.3 Å². The maximum atomic E-state index is 13.2. The topological polar surface area (TPSA) is 78.5 Å². The summed E-state index contributed by atoms with van der Waals surface area (Å²) in [7, 11) is 1.61. The summed E-state index contributed by atoms with van der Waals surface area (Å²) in [5.74, 6) is -0.0667. The molecule has 2 heterocycles. The van der Waals surface area contributed by atoms with Crippen LogP contribution in [-0.2, 0) is 4.74 Å². The van der Waals surface area contributed by atoms with Gasteiger partial charge in [0.2, 0.25) is 0 Å². The maximum absolute atomic E-state index is 13.2. The highest BCUT2D eigenvalue weighted by atomic mass is 35.5. The van der Waals surface area contributed by atoms with Gasteiger partial charge < -0.3 is 14.7 Å². The van der Waals surface area contributed by atoms with Crippen molar-refractivity contribution in [1.29, 1.82) is 0 Å². The number of nitrogens with one attached hydrogen (secondary N) is 1. The van der Waals surface area contributed by atoms with Gasteiger partial charge in [-0.3, -0.25) is 9.89 Å². The number of fused-ring (bicyclic) bond motifs is 1. The predicted octanol–water partition coefficient (Wildman–Crippen LogP) is 4.66. The molecule has 3 aromatic rings. The third kappa shape index (κ3) is 3.47. The molecule has 1 aliphatic heterocycles. The van der Waals surface area contributed by atoms with Crippen molar-refractivity contribution >= 4 is 29.3 Å². The maximum Gasteiger partial charge on any atom is 0.273 e. The van der Waals surface area contributed by atoms with Gasteiger partial charge in [0.05, 0.1) is 12.6 Å². The van der Waals surface area contributed by atoms with Gasteiger partial charge in [-0.25, -0.2) is 0 Å². The normalized spacial score (nSPS) is 15.7. The van der Waals surface area contributed by atoms with Crippen LogP contribution in [0.2, 0.25) is 5.02 Å². The molecule has 1 aliphatic rings. The number of amides is 1. The summed E-state index contributed by atoms with van der Waals surface area (Å²) in [4.78, 5) is 16.1. The zero-order chi connectivity index (χ0) is 21.4. The summed E-state index contributed by atoms with van der Waals surface area (Å²) in [6.07, 6.45) is 2.02. The number of hydrogen-bond acceptors (Lipinski definition) is 5. The van der Waals surface area contributed by atoms with E-state index in [0.29, 0.717) is 35.1 Å². The average Bonchev–Trinajstić information content (AvgIpc) is 3.28. The zero-order valence-corrected chi connectivity index (χ0v) is 18.5. The number of H-pyrrole nitrogens is 1. The highest BCUT2D eigenvalue weighted by Gasteiger charge is 2.42. The lowest BCUT2D eigenvalue weighted by atomic mass is 9.95. The summed E-state index contributed by atoms with van der Waals surface area (Å²) in [5.41, 5.74) is 3.93. The molecule has 4 rings (SSSR count). The second-order valence-corrected chi connectivity index (χ2v) is 8.43. The van der Waals surface area contributed by atoms with Crippen molar-refractivity contribution in [3.05, 3.63) is 63.8 Å². The smallest absolute Gasteiger partial charge is 0.273 e. The number of phenolic OH excluding ortho intramolecular Hbond substituents is 1. The van der Waals surface area contributed by atoms with E-state index in [9.17, 15) is 9.90 Å². The van der Waals surface area contributed by atoms with E-state index in [2.05, 4.69) is 10.2 Å². The highest BCUT2D eigenvalue weighted by molar-refractivity contribution is 7.98. The first-order valence-electron chi connectivity index (χ1n) is 9.47. The van der Waals surface area contributed by atoms with Gasteiger partial charge in [-0.15, -0.1) is 11.8 Å². The Morgan fingerprint density at radius 1 is 1.30 bits per heavy atom. The van der Waals surface area contributed by atoms with Crippen LogP contribution in [0.25, 0.3) is 11.3 Å². The number of aromatic hydroxyl groups is 1. The predicted molar refractivity (Wildman–Crippen MR) is 118 cm³/mol. The fourth-order valence-electron chi connectivity index (χ4n) is 3.81. The van der Waals surface area contributed by atoms with Crippen LogP contribution in [-0.4, -0.2) is 52.6 Å². The number of phenols is 1. The Balaban J connectivity index is 1.88. The Hall–Kier alpha value is -2.48. The molecule has 0 saturated carbocycles. The molecule has 30 heavy (non-hydrogen) atoms. The number of halogens is 1. The third-order valence-electron chi connectivity index (χ3n) is 5.36. The van der Waals surface area contributed by atoms with Gasteiger partial charge in [-0.1, -0.05) is 23.7 Å². The van der Waals surface area contributed by atoms with Gasteiger partial charge in [0, 0.05) is 34.7 Å². The van der Waals surface area contributed by atoms with Gasteiger partial charge in [-0.2, -0.15) is 5.10 Å². The van der Waals surface area contributed by atoms with E-state index >= 15 is 0 Å². The number of aryl methyl sites for hydroxylation is 1. The highest BCUT2D eigenvalue weighted by Crippen LogP contribution is 2.45. The first kappa shape index (κ1) is 20.8. The molecule has 1 aromatic heterocycles. The molecule has 0 aliphatic carbocycles. The number of aromatic nitrogens is 2. The Morgan fingerprint density at radius 3 is 2.70 bits per heavy atom. The molecule has 8 heteroatoms. The largest absolute Gasteiger partial charge is 0.507 e. The molecule has 0 fully saturated rings. The molecule has 1 amide bonds. The SMILES string of the molecule is COCCN1C(=O)c2[nH]nc(-c3cc(Cl)c(C)cc3O)c2C1c1ccc(SC)cc1. The van der Waals surface area contributed by atoms with E-state index < -0.39 is 0 Å². The Morgan fingerprint density at radius 2 is 2.03 bits per heavy atom. The van der Waals surface area contributed by atoms with Crippen LogP contribution in [0.5, 0.6) is 5.75 Å². The van der Waals surface area contributed by atoms with Crippen molar-refractivity contribution in [1.82, 2.24) is 15.1 Å². The number of carbonyl (C=O) groups excluding carboxylic acids is 1. The average molecular weight is 444 g/mol. The lowest BCUT2D eigenvalue weighted by molar-refractivity contribution is 0.0677. The zero-order valence-electron chi connectivity index (χ0n) is 16.9. The van der Waals surface area contributed by atoms with Crippen molar-refractivity contribution in [3.63, 3.8) is 0 Å². The Bertz CT molecular complexity index is 1100. The number of rotatable bonds is 6. The van der Waals surface area contributed by atoms with E-state index in [4.69, 9.17) is 16.3 Å². The van der Waals surface area contributed by atoms with Gasteiger partial charge in [0.1, 0.15) is 17.1 Å². The lowest BCUT2D eigenvalue weighted by Gasteiger charge is -2.26. The lowest BCUT2D eigenvalue weighted by Crippen LogP contribution is -2.32. The molecule has 0 saturated heterocycles. The molecule has 1 unspecified atom stereocenters. The summed E-state index contributed by atoms with van der Waals surface area (Å²) in [5, 5.41) is 18.4. The van der Waals surface area contributed by atoms with Crippen LogP contribution in [0.3, 0.4) is 0 Å². The number of thioether (sulfide) groups is 1. The second kappa shape index (κ2) is 8.34. The fourth-order valence-corrected chi connectivity index (χ4v) is 4.38. The van der Waals surface area contributed by atoms with Crippen LogP contribution >= 0.6 is 23.4 Å². The van der Waals surface area contributed by atoms with E-state index in [1.807, 2.05) is 37.4 Å². The number of carbonyl (C=O) groups is 1. The van der Waals surface area contributed by atoms with E-state index in [-0.39, 0.29) is 17.7 Å². The molecule has 0 spiro atoms. The van der Waals surface area contributed by atoms with E-state index in [1.165, 1.54) is 0 Å². The van der Waals surface area contributed by atoms with Crippen LogP contribution in [0.4, 0.5) is 0 Å². The van der Waals surface area contributed by atoms with Crippen molar-refractivity contribution in [3.8, 4) is 17.0 Å². The summed E-state index contributed by atoms with van der Waals surface area (Å²) < 4.78 is 5.23. The third-order valence-corrected chi connectivity index (χ3v) is 6.51. The monoisotopic (exact) mass is 443 g/mol. The minimum atomic E-state index is -0.341. The van der Waals surface area contributed by atoms with E-state index in [0.717, 1.165) is 21.6 Å². The quantitative estimate of drug-likeness (QED) is 0.542. The van der Waals surface area contributed by atoms with Crippen LogP contribution in [0, 0.1) is 6.92 Å². The van der Waals surface area contributed by atoms with Gasteiger partial charge in [0.25, 0.3) is 5.91 Å². The second-order valence-electron chi connectivity index (χ2n) is 7.15. The first-order chi connectivity index (χ1) is 14.5. The minimum Gasteiger partial charge on any atom is -0.507 e. The molecule has 0 radical (unpaired) electrons. The Kier molecular flexibility index (Phi) is 5.77. The van der Waals surface area contributed by atoms with Gasteiger partial charge in [0.15, 0.2) is 0 Å². The Labute approximate surface area is 184 Å².